The van der Waals surface area contributed by atoms with E-state index >= 15 is 0 Å². The minimum Gasteiger partial charge on any atom is -0.464 e. The topological polar surface area (TPSA) is 46.5 Å². The van der Waals surface area contributed by atoms with Gasteiger partial charge in [0, 0.05) is 0 Å². The maximum Gasteiger partial charge on any atom is 0.339 e. The molecule has 0 spiro atoms. The van der Waals surface area contributed by atoms with E-state index in [0.29, 0.717) is 0 Å². The van der Waals surface area contributed by atoms with Crippen LogP contribution in [-0.4, -0.2) is 17.7 Å². The lowest BCUT2D eigenvalue weighted by molar-refractivity contribution is -0.153. The van der Waals surface area contributed by atoms with Gasteiger partial charge < -0.3 is 9.84 Å². The Labute approximate surface area is 102 Å². The fourth-order valence-corrected chi connectivity index (χ4v) is 1.97. The molecule has 0 radical (unpaired) electrons. The fraction of sp³-hybridized carbons (Fsp3) is 0.500. The summed E-state index contributed by atoms with van der Waals surface area (Å²) in [6, 6.07) is 5.84. The fourth-order valence-electron chi connectivity index (χ4n) is 1.97. The van der Waals surface area contributed by atoms with Crippen LogP contribution < -0.4 is 0 Å². The summed E-state index contributed by atoms with van der Waals surface area (Å²) in [7, 11) is 0. The number of rotatable bonds is 5. The molecule has 0 fully saturated rings. The molecule has 3 heteroatoms. The molecule has 0 heterocycles. The lowest BCUT2D eigenvalue weighted by Gasteiger charge is -2.17. The van der Waals surface area contributed by atoms with Crippen molar-refractivity contribution in [2.24, 2.45) is 0 Å². The summed E-state index contributed by atoms with van der Waals surface area (Å²) in [5.74, 6) is -0.567. The van der Waals surface area contributed by atoms with Crippen LogP contribution in [0.25, 0.3) is 0 Å². The van der Waals surface area contributed by atoms with Crippen molar-refractivity contribution in [1.29, 1.82) is 0 Å². The zero-order valence-electron chi connectivity index (χ0n) is 10.7. The summed E-state index contributed by atoms with van der Waals surface area (Å²) in [5, 5.41) is 10.1. The van der Waals surface area contributed by atoms with Gasteiger partial charge in [0.15, 0.2) is 6.10 Å². The van der Waals surface area contributed by atoms with Gasteiger partial charge in [0.1, 0.15) is 0 Å². The van der Waals surface area contributed by atoms with Crippen LogP contribution >= 0.6 is 0 Å². The van der Waals surface area contributed by atoms with Crippen LogP contribution in [0, 0.1) is 0 Å². The van der Waals surface area contributed by atoms with Gasteiger partial charge in [-0.3, -0.25) is 0 Å². The molecule has 1 unspecified atom stereocenters. The number of hydrogen-bond donors (Lipinski definition) is 1. The normalized spacial score (nSPS) is 12.2. The van der Waals surface area contributed by atoms with Gasteiger partial charge in [0.2, 0.25) is 0 Å². The second-order valence-electron chi connectivity index (χ2n) is 3.85. The molecule has 1 atom stereocenters. The standard InChI is InChI=1S/C14H20O3/c1-4-10-8-7-9-11(5-2)12(10)13(15)14(16)17-6-3/h7-9,13,15H,4-6H2,1-3H3. The van der Waals surface area contributed by atoms with Crippen LogP contribution in [0.3, 0.4) is 0 Å². The molecule has 3 nitrogen and oxygen atoms in total. The van der Waals surface area contributed by atoms with Crippen LogP contribution in [-0.2, 0) is 22.4 Å². The first-order valence-corrected chi connectivity index (χ1v) is 6.10. The Morgan fingerprint density at radius 3 is 2.18 bits per heavy atom. The Balaban J connectivity index is 3.13. The molecule has 1 rings (SSSR count). The van der Waals surface area contributed by atoms with Gasteiger partial charge in [-0.25, -0.2) is 4.79 Å². The molecule has 1 aromatic rings. The van der Waals surface area contributed by atoms with E-state index in [2.05, 4.69) is 0 Å². The predicted molar refractivity (Wildman–Crippen MR) is 66.8 cm³/mol. The smallest absolute Gasteiger partial charge is 0.339 e. The molecule has 1 aromatic carbocycles. The molecule has 94 valence electrons. The van der Waals surface area contributed by atoms with E-state index in [4.69, 9.17) is 4.74 Å². The highest BCUT2D eigenvalue weighted by Crippen LogP contribution is 2.25. The number of carbonyl (C=O) groups excluding carboxylic acids is 1. The third-order valence-corrected chi connectivity index (χ3v) is 2.83. The average Bonchev–Trinajstić information content (AvgIpc) is 2.37. The van der Waals surface area contributed by atoms with E-state index < -0.39 is 12.1 Å². The number of esters is 1. The summed E-state index contributed by atoms with van der Waals surface area (Å²) in [6.45, 7) is 6.04. The van der Waals surface area contributed by atoms with Gasteiger partial charge in [-0.15, -0.1) is 0 Å². The number of aliphatic hydroxyl groups is 1. The second kappa shape index (κ2) is 6.40. The summed E-state index contributed by atoms with van der Waals surface area (Å²) in [5.41, 5.74) is 2.73. The average molecular weight is 236 g/mol. The monoisotopic (exact) mass is 236 g/mol. The Bertz CT molecular complexity index is 363. The van der Waals surface area contributed by atoms with Crippen molar-refractivity contribution in [2.75, 3.05) is 6.61 Å². The molecule has 0 aliphatic carbocycles. The van der Waals surface area contributed by atoms with Crippen molar-refractivity contribution in [3.63, 3.8) is 0 Å². The van der Waals surface area contributed by atoms with Crippen LogP contribution in [0.5, 0.6) is 0 Å². The van der Waals surface area contributed by atoms with E-state index in [1.807, 2.05) is 32.0 Å². The van der Waals surface area contributed by atoms with E-state index in [-0.39, 0.29) is 6.61 Å². The summed E-state index contributed by atoms with van der Waals surface area (Å²) in [6.07, 6.45) is 0.417. The highest BCUT2D eigenvalue weighted by molar-refractivity contribution is 5.77. The summed E-state index contributed by atoms with van der Waals surface area (Å²) in [4.78, 5) is 11.6. The van der Waals surface area contributed by atoms with Gasteiger partial charge in [-0.05, 0) is 36.5 Å². The number of benzene rings is 1. The molecule has 0 saturated heterocycles. The largest absolute Gasteiger partial charge is 0.464 e. The van der Waals surface area contributed by atoms with Crippen molar-refractivity contribution in [3.05, 3.63) is 34.9 Å². The lowest BCUT2D eigenvalue weighted by Crippen LogP contribution is -2.18. The number of ether oxygens (including phenoxy) is 1. The minimum atomic E-state index is -1.17. The molecule has 0 bridgehead atoms. The Hall–Kier alpha value is -1.35. The van der Waals surface area contributed by atoms with Crippen LogP contribution in [0.1, 0.15) is 43.6 Å². The first-order chi connectivity index (χ1) is 8.15. The highest BCUT2D eigenvalue weighted by atomic mass is 16.5. The second-order valence-corrected chi connectivity index (χ2v) is 3.85. The van der Waals surface area contributed by atoms with Crippen molar-refractivity contribution in [3.8, 4) is 0 Å². The molecule has 0 amide bonds. The van der Waals surface area contributed by atoms with Crippen LogP contribution in [0.4, 0.5) is 0 Å². The van der Waals surface area contributed by atoms with E-state index in [1.165, 1.54) is 0 Å². The lowest BCUT2D eigenvalue weighted by atomic mass is 9.93. The Morgan fingerprint density at radius 2 is 1.76 bits per heavy atom. The van der Waals surface area contributed by atoms with Gasteiger partial charge in [0.05, 0.1) is 6.61 Å². The molecule has 0 aliphatic rings. The summed E-state index contributed by atoms with van der Waals surface area (Å²) < 4.78 is 4.87. The molecule has 0 aliphatic heterocycles. The van der Waals surface area contributed by atoms with Crippen molar-refractivity contribution < 1.29 is 14.6 Å². The first kappa shape index (κ1) is 13.7. The Kier molecular flexibility index (Phi) is 5.16. The third-order valence-electron chi connectivity index (χ3n) is 2.83. The molecule has 17 heavy (non-hydrogen) atoms. The quantitative estimate of drug-likeness (QED) is 0.798. The molecule has 1 N–H and O–H groups in total. The number of carbonyl (C=O) groups is 1. The molecular formula is C14H20O3. The maximum atomic E-state index is 11.6. The minimum absolute atomic E-state index is 0.283. The number of aliphatic hydroxyl groups excluding tert-OH is 1. The van der Waals surface area contributed by atoms with Crippen molar-refractivity contribution in [2.45, 2.75) is 39.7 Å². The number of aryl methyl sites for hydroxylation is 2. The van der Waals surface area contributed by atoms with Gasteiger partial charge in [0.25, 0.3) is 0 Å². The highest BCUT2D eigenvalue weighted by Gasteiger charge is 2.23. The van der Waals surface area contributed by atoms with E-state index in [1.54, 1.807) is 6.92 Å². The van der Waals surface area contributed by atoms with Crippen LogP contribution in [0.15, 0.2) is 18.2 Å². The molecule has 0 saturated carbocycles. The Morgan fingerprint density at radius 1 is 1.24 bits per heavy atom. The van der Waals surface area contributed by atoms with Gasteiger partial charge in [-0.1, -0.05) is 32.0 Å². The number of hydrogen-bond acceptors (Lipinski definition) is 3. The zero-order chi connectivity index (χ0) is 12.8. The van der Waals surface area contributed by atoms with Gasteiger partial charge in [-0.2, -0.15) is 0 Å². The SMILES string of the molecule is CCOC(=O)C(O)c1c(CC)cccc1CC. The van der Waals surface area contributed by atoms with Gasteiger partial charge >= 0.3 is 5.97 Å². The zero-order valence-corrected chi connectivity index (χ0v) is 10.7. The molecule has 0 aromatic heterocycles. The van der Waals surface area contributed by atoms with Crippen LogP contribution in [0.2, 0.25) is 0 Å². The van der Waals surface area contributed by atoms with E-state index in [9.17, 15) is 9.90 Å². The van der Waals surface area contributed by atoms with Crippen molar-refractivity contribution in [1.82, 2.24) is 0 Å². The maximum absolute atomic E-state index is 11.6. The predicted octanol–water partition coefficient (Wildman–Crippen LogP) is 2.41. The van der Waals surface area contributed by atoms with Crippen molar-refractivity contribution >= 4 is 5.97 Å². The third kappa shape index (κ3) is 3.07. The summed E-state index contributed by atoms with van der Waals surface area (Å²) >= 11 is 0. The van der Waals surface area contributed by atoms with E-state index in [0.717, 1.165) is 29.5 Å². The molecular weight excluding hydrogens is 216 g/mol. The first-order valence-electron chi connectivity index (χ1n) is 6.10.